The molecule has 84 valence electrons. The normalized spacial score (nSPS) is 9.71. The van der Waals surface area contributed by atoms with Crippen LogP contribution in [0.15, 0.2) is 36.5 Å². The lowest BCUT2D eigenvalue weighted by molar-refractivity contribution is 0.631. The van der Waals surface area contributed by atoms with E-state index in [4.69, 9.17) is 16.9 Å². The molecule has 17 heavy (non-hydrogen) atoms. The highest BCUT2D eigenvalue weighted by atomic mass is 35.5. The van der Waals surface area contributed by atoms with Gasteiger partial charge in [-0.1, -0.05) is 11.6 Å². The van der Waals surface area contributed by atoms with Crippen LogP contribution in [0.5, 0.6) is 0 Å². The summed E-state index contributed by atoms with van der Waals surface area (Å²) in [5, 5.41) is 11.8. The first-order chi connectivity index (χ1) is 8.19. The summed E-state index contributed by atoms with van der Waals surface area (Å²) < 4.78 is 13.6. The van der Waals surface area contributed by atoms with E-state index in [0.29, 0.717) is 10.8 Å². The predicted octanol–water partition coefficient (Wildman–Crippen LogP) is 3.49. The summed E-state index contributed by atoms with van der Waals surface area (Å²) in [7, 11) is 0. The Balaban J connectivity index is 2.28. The molecule has 2 aromatic rings. The minimum absolute atomic E-state index is 0.279. The lowest BCUT2D eigenvalue weighted by Gasteiger charge is -2.07. The summed E-state index contributed by atoms with van der Waals surface area (Å²) in [6.45, 7) is 0. The van der Waals surface area contributed by atoms with E-state index in [0.717, 1.165) is 0 Å². The van der Waals surface area contributed by atoms with Gasteiger partial charge < -0.3 is 5.32 Å². The van der Waals surface area contributed by atoms with Gasteiger partial charge in [0.15, 0.2) is 0 Å². The van der Waals surface area contributed by atoms with Gasteiger partial charge in [-0.15, -0.1) is 0 Å². The molecule has 0 radical (unpaired) electrons. The second-order valence-corrected chi connectivity index (χ2v) is 3.69. The van der Waals surface area contributed by atoms with Crippen molar-refractivity contribution in [2.75, 3.05) is 5.32 Å². The zero-order valence-corrected chi connectivity index (χ0v) is 9.37. The predicted molar refractivity (Wildman–Crippen MR) is 63.6 cm³/mol. The van der Waals surface area contributed by atoms with Crippen LogP contribution < -0.4 is 5.32 Å². The lowest BCUT2D eigenvalue weighted by Crippen LogP contribution is -1.94. The Labute approximate surface area is 102 Å². The van der Waals surface area contributed by atoms with Gasteiger partial charge in [0, 0.05) is 11.9 Å². The van der Waals surface area contributed by atoms with Crippen molar-refractivity contribution >= 4 is 23.0 Å². The molecule has 0 amide bonds. The third-order valence-electron chi connectivity index (χ3n) is 2.10. The maximum absolute atomic E-state index is 13.6. The van der Waals surface area contributed by atoms with Crippen LogP contribution >= 0.6 is 11.6 Å². The van der Waals surface area contributed by atoms with Crippen molar-refractivity contribution in [2.24, 2.45) is 0 Å². The molecule has 0 aliphatic carbocycles. The average molecular weight is 248 g/mol. The van der Waals surface area contributed by atoms with Gasteiger partial charge in [0.25, 0.3) is 0 Å². The Morgan fingerprint density at radius 2 is 2.12 bits per heavy atom. The number of nitrogens with one attached hydrogen (secondary N) is 1. The van der Waals surface area contributed by atoms with Crippen LogP contribution in [0, 0.1) is 17.1 Å². The van der Waals surface area contributed by atoms with E-state index in [2.05, 4.69) is 10.3 Å². The summed E-state index contributed by atoms with van der Waals surface area (Å²) in [5.41, 5.74) is 1.20. The van der Waals surface area contributed by atoms with Gasteiger partial charge in [-0.2, -0.15) is 5.26 Å². The van der Waals surface area contributed by atoms with E-state index in [9.17, 15) is 4.39 Å². The molecule has 3 nitrogen and oxygen atoms in total. The highest BCUT2D eigenvalue weighted by Gasteiger charge is 2.04. The van der Waals surface area contributed by atoms with E-state index < -0.39 is 5.82 Å². The zero-order chi connectivity index (χ0) is 12.3. The van der Waals surface area contributed by atoms with Gasteiger partial charge in [-0.25, -0.2) is 9.37 Å². The van der Waals surface area contributed by atoms with Crippen LogP contribution in [0.2, 0.25) is 5.15 Å². The smallest absolute Gasteiger partial charge is 0.147 e. The molecule has 1 heterocycles. The molecule has 1 N–H and O–H groups in total. The Morgan fingerprint density at radius 3 is 2.76 bits per heavy atom. The van der Waals surface area contributed by atoms with Crippen LogP contribution in [-0.2, 0) is 0 Å². The van der Waals surface area contributed by atoms with Crippen LogP contribution in [-0.4, -0.2) is 4.98 Å². The van der Waals surface area contributed by atoms with Crippen molar-refractivity contribution < 1.29 is 4.39 Å². The highest BCUT2D eigenvalue weighted by molar-refractivity contribution is 6.29. The largest absolute Gasteiger partial charge is 0.353 e. The molecule has 0 unspecified atom stereocenters. The van der Waals surface area contributed by atoms with E-state index in [-0.39, 0.29) is 11.3 Å². The Bertz CT molecular complexity index is 593. The molecular formula is C12H7ClFN3. The van der Waals surface area contributed by atoms with Gasteiger partial charge in [0.2, 0.25) is 0 Å². The number of hydrogen-bond acceptors (Lipinski definition) is 3. The second kappa shape index (κ2) is 4.81. The number of nitriles is 1. The SMILES string of the molecule is N#Cc1ccc(Nc2ccnc(Cl)c2)c(F)c1. The topological polar surface area (TPSA) is 48.7 Å². The monoisotopic (exact) mass is 247 g/mol. The second-order valence-electron chi connectivity index (χ2n) is 3.30. The van der Waals surface area contributed by atoms with Gasteiger partial charge in [-0.05, 0) is 30.3 Å². The molecule has 0 aliphatic heterocycles. The van der Waals surface area contributed by atoms with Crippen molar-refractivity contribution in [1.82, 2.24) is 4.98 Å². The van der Waals surface area contributed by atoms with Gasteiger partial charge in [-0.3, -0.25) is 0 Å². The molecular weight excluding hydrogens is 241 g/mol. The molecule has 0 spiro atoms. The third kappa shape index (κ3) is 2.71. The molecule has 0 fully saturated rings. The summed E-state index contributed by atoms with van der Waals surface area (Å²) in [4.78, 5) is 3.82. The van der Waals surface area contributed by atoms with E-state index in [1.807, 2.05) is 6.07 Å². The number of pyridine rings is 1. The molecule has 5 heteroatoms. The number of anilines is 2. The summed E-state index contributed by atoms with van der Waals surface area (Å²) in [5.74, 6) is -0.489. The number of halogens is 2. The van der Waals surface area contributed by atoms with Gasteiger partial charge in [0.05, 0.1) is 17.3 Å². The lowest BCUT2D eigenvalue weighted by atomic mass is 10.2. The standard InChI is InChI=1S/C12H7ClFN3/c13-12-6-9(3-4-16-12)17-11-2-1-8(7-15)5-10(11)14/h1-6H,(H,16,17). The quantitative estimate of drug-likeness (QED) is 0.827. The number of benzene rings is 1. The van der Waals surface area contributed by atoms with Gasteiger partial charge in [0.1, 0.15) is 11.0 Å². The maximum Gasteiger partial charge on any atom is 0.147 e. The summed E-state index contributed by atoms with van der Waals surface area (Å²) in [6, 6.07) is 9.33. The minimum atomic E-state index is -0.489. The molecule has 0 atom stereocenters. The van der Waals surface area contributed by atoms with E-state index in [1.54, 1.807) is 12.1 Å². The zero-order valence-electron chi connectivity index (χ0n) is 8.61. The first-order valence-corrected chi connectivity index (χ1v) is 5.15. The van der Waals surface area contributed by atoms with Crippen LogP contribution in [0.25, 0.3) is 0 Å². The third-order valence-corrected chi connectivity index (χ3v) is 2.31. The van der Waals surface area contributed by atoms with Crippen molar-refractivity contribution in [3.8, 4) is 6.07 Å². The Hall–Kier alpha value is -2.12. The number of rotatable bonds is 2. The number of nitrogens with zero attached hydrogens (tertiary/aromatic N) is 2. The number of aromatic nitrogens is 1. The molecule has 2 rings (SSSR count). The fourth-order valence-electron chi connectivity index (χ4n) is 1.32. The Kier molecular flexibility index (Phi) is 3.22. The molecule has 0 bridgehead atoms. The summed E-state index contributed by atoms with van der Waals surface area (Å²) >= 11 is 5.71. The first kappa shape index (κ1) is 11.4. The fraction of sp³-hybridized carbons (Fsp3) is 0. The molecule has 1 aromatic heterocycles. The van der Waals surface area contributed by atoms with Crippen LogP contribution in [0.3, 0.4) is 0 Å². The van der Waals surface area contributed by atoms with Crippen LogP contribution in [0.4, 0.5) is 15.8 Å². The molecule has 0 aliphatic rings. The summed E-state index contributed by atoms with van der Waals surface area (Å²) in [6.07, 6.45) is 1.52. The van der Waals surface area contributed by atoms with Crippen molar-refractivity contribution in [3.63, 3.8) is 0 Å². The minimum Gasteiger partial charge on any atom is -0.353 e. The molecule has 0 saturated carbocycles. The van der Waals surface area contributed by atoms with Crippen LogP contribution in [0.1, 0.15) is 5.56 Å². The Morgan fingerprint density at radius 1 is 1.29 bits per heavy atom. The van der Waals surface area contributed by atoms with Gasteiger partial charge >= 0.3 is 0 Å². The number of hydrogen-bond donors (Lipinski definition) is 1. The average Bonchev–Trinajstić information content (AvgIpc) is 2.32. The highest BCUT2D eigenvalue weighted by Crippen LogP contribution is 2.21. The molecule has 0 saturated heterocycles. The van der Waals surface area contributed by atoms with Crippen molar-refractivity contribution in [3.05, 3.63) is 53.1 Å². The van der Waals surface area contributed by atoms with Crippen molar-refractivity contribution in [1.29, 1.82) is 5.26 Å². The van der Waals surface area contributed by atoms with E-state index in [1.165, 1.54) is 24.4 Å². The van der Waals surface area contributed by atoms with E-state index >= 15 is 0 Å². The fourth-order valence-corrected chi connectivity index (χ4v) is 1.50. The molecule has 1 aromatic carbocycles. The van der Waals surface area contributed by atoms with Crippen molar-refractivity contribution in [2.45, 2.75) is 0 Å². The maximum atomic E-state index is 13.6. The first-order valence-electron chi connectivity index (χ1n) is 4.77.